The Balaban J connectivity index is 1.46. The third kappa shape index (κ3) is 5.20. The summed E-state index contributed by atoms with van der Waals surface area (Å²) >= 11 is 0. The van der Waals surface area contributed by atoms with Gasteiger partial charge < -0.3 is 14.8 Å². The van der Waals surface area contributed by atoms with Crippen LogP contribution in [0.15, 0.2) is 78.9 Å². The second-order valence-electron chi connectivity index (χ2n) is 6.14. The van der Waals surface area contributed by atoms with Crippen molar-refractivity contribution in [3.8, 4) is 16.9 Å². The van der Waals surface area contributed by atoms with E-state index in [2.05, 4.69) is 10.1 Å². The van der Waals surface area contributed by atoms with E-state index in [1.54, 1.807) is 24.3 Å². The molecule has 0 aromatic heterocycles. The van der Waals surface area contributed by atoms with Crippen LogP contribution >= 0.6 is 0 Å². The molecule has 28 heavy (non-hydrogen) atoms. The maximum absolute atomic E-state index is 12.0. The third-order valence-electron chi connectivity index (χ3n) is 4.20. The van der Waals surface area contributed by atoms with Gasteiger partial charge in [0.2, 0.25) is 0 Å². The van der Waals surface area contributed by atoms with Crippen molar-refractivity contribution in [3.63, 3.8) is 0 Å². The van der Waals surface area contributed by atoms with Gasteiger partial charge in [0.25, 0.3) is 5.91 Å². The Morgan fingerprint density at radius 1 is 0.821 bits per heavy atom. The van der Waals surface area contributed by atoms with Gasteiger partial charge in [0.15, 0.2) is 6.61 Å². The predicted molar refractivity (Wildman–Crippen MR) is 107 cm³/mol. The maximum Gasteiger partial charge on any atom is 0.337 e. The molecule has 0 radical (unpaired) electrons. The molecular formula is C23H21NO4. The van der Waals surface area contributed by atoms with Crippen molar-refractivity contribution in [1.29, 1.82) is 0 Å². The number of amides is 1. The number of ether oxygens (including phenoxy) is 2. The Bertz CT molecular complexity index is 919. The second kappa shape index (κ2) is 9.37. The summed E-state index contributed by atoms with van der Waals surface area (Å²) < 4.78 is 10.2. The van der Waals surface area contributed by atoms with E-state index in [9.17, 15) is 9.59 Å². The smallest absolute Gasteiger partial charge is 0.337 e. The van der Waals surface area contributed by atoms with Crippen LogP contribution in [0.4, 0.5) is 0 Å². The first-order valence-corrected chi connectivity index (χ1v) is 8.88. The zero-order valence-corrected chi connectivity index (χ0v) is 15.6. The molecule has 1 N–H and O–H groups in total. The summed E-state index contributed by atoms with van der Waals surface area (Å²) in [4.78, 5) is 23.4. The van der Waals surface area contributed by atoms with E-state index >= 15 is 0 Å². The fourth-order valence-electron chi connectivity index (χ4n) is 2.65. The summed E-state index contributed by atoms with van der Waals surface area (Å²) in [6.45, 7) is 0.293. The Labute approximate surface area is 163 Å². The molecule has 1 amide bonds. The molecule has 3 rings (SSSR count). The first-order valence-electron chi connectivity index (χ1n) is 8.88. The Morgan fingerprint density at radius 3 is 2.11 bits per heavy atom. The minimum absolute atomic E-state index is 0.0646. The SMILES string of the molecule is COC(=O)c1ccc(CNC(=O)COc2ccc(-c3ccccc3)cc2)cc1. The molecule has 0 fully saturated rings. The van der Waals surface area contributed by atoms with Gasteiger partial charge in [0.05, 0.1) is 12.7 Å². The fraction of sp³-hybridized carbons (Fsp3) is 0.130. The number of hydrogen-bond acceptors (Lipinski definition) is 4. The van der Waals surface area contributed by atoms with Crippen LogP contribution in [0.1, 0.15) is 15.9 Å². The average molecular weight is 375 g/mol. The summed E-state index contributed by atoms with van der Waals surface area (Å²) in [6, 6.07) is 24.6. The van der Waals surface area contributed by atoms with E-state index in [4.69, 9.17) is 4.74 Å². The van der Waals surface area contributed by atoms with Crippen LogP contribution in [0, 0.1) is 0 Å². The fourth-order valence-corrected chi connectivity index (χ4v) is 2.65. The lowest BCUT2D eigenvalue weighted by molar-refractivity contribution is -0.123. The minimum atomic E-state index is -0.387. The third-order valence-corrected chi connectivity index (χ3v) is 4.20. The van der Waals surface area contributed by atoms with Gasteiger partial charge in [0, 0.05) is 6.54 Å². The zero-order chi connectivity index (χ0) is 19.8. The molecule has 0 aliphatic carbocycles. The molecule has 5 heteroatoms. The molecule has 3 aromatic rings. The summed E-state index contributed by atoms with van der Waals surface area (Å²) in [7, 11) is 1.34. The van der Waals surface area contributed by atoms with Gasteiger partial charge in [-0.15, -0.1) is 0 Å². The maximum atomic E-state index is 12.0. The van der Waals surface area contributed by atoms with Crippen molar-refractivity contribution in [2.24, 2.45) is 0 Å². The molecule has 0 aliphatic rings. The normalized spacial score (nSPS) is 10.2. The summed E-state index contributed by atoms with van der Waals surface area (Å²) in [5.74, 6) is 0.0312. The Hall–Kier alpha value is -3.60. The highest BCUT2D eigenvalue weighted by Crippen LogP contribution is 2.21. The van der Waals surface area contributed by atoms with Crippen molar-refractivity contribution < 1.29 is 19.1 Å². The molecule has 142 valence electrons. The van der Waals surface area contributed by atoms with Crippen molar-refractivity contribution in [2.45, 2.75) is 6.54 Å². The van der Waals surface area contributed by atoms with Crippen LogP contribution in [-0.4, -0.2) is 25.6 Å². The topological polar surface area (TPSA) is 64.6 Å². The van der Waals surface area contributed by atoms with Gasteiger partial charge in [0.1, 0.15) is 5.75 Å². The molecule has 0 spiro atoms. The largest absolute Gasteiger partial charge is 0.484 e. The summed E-state index contributed by atoms with van der Waals surface area (Å²) in [6.07, 6.45) is 0. The quantitative estimate of drug-likeness (QED) is 0.638. The molecule has 0 heterocycles. The number of carbonyl (C=O) groups excluding carboxylic acids is 2. The molecule has 0 saturated heterocycles. The number of benzene rings is 3. The molecule has 3 aromatic carbocycles. The molecule has 0 saturated carbocycles. The summed E-state index contributed by atoms with van der Waals surface area (Å²) in [5, 5.41) is 2.79. The van der Waals surface area contributed by atoms with E-state index in [1.165, 1.54) is 7.11 Å². The van der Waals surface area contributed by atoms with Gasteiger partial charge in [-0.1, -0.05) is 54.6 Å². The highest BCUT2D eigenvalue weighted by atomic mass is 16.5. The first kappa shape index (κ1) is 19.2. The lowest BCUT2D eigenvalue weighted by atomic mass is 10.1. The number of esters is 1. The van der Waals surface area contributed by atoms with Crippen molar-refractivity contribution in [2.75, 3.05) is 13.7 Å². The second-order valence-corrected chi connectivity index (χ2v) is 6.14. The number of hydrogen-bond donors (Lipinski definition) is 1. The van der Waals surface area contributed by atoms with E-state index in [0.29, 0.717) is 17.9 Å². The molecule has 5 nitrogen and oxygen atoms in total. The molecule has 0 bridgehead atoms. The van der Waals surface area contributed by atoms with Crippen LogP contribution in [-0.2, 0) is 16.1 Å². The van der Waals surface area contributed by atoms with Crippen LogP contribution in [0.25, 0.3) is 11.1 Å². The van der Waals surface area contributed by atoms with Gasteiger partial charge >= 0.3 is 5.97 Å². The van der Waals surface area contributed by atoms with Crippen molar-refractivity contribution in [1.82, 2.24) is 5.32 Å². The highest BCUT2D eigenvalue weighted by Gasteiger charge is 2.06. The number of methoxy groups -OCH3 is 1. The van der Waals surface area contributed by atoms with Gasteiger partial charge in [-0.25, -0.2) is 4.79 Å². The Kier molecular flexibility index (Phi) is 6.41. The van der Waals surface area contributed by atoms with Crippen LogP contribution < -0.4 is 10.1 Å². The van der Waals surface area contributed by atoms with Crippen LogP contribution in [0.3, 0.4) is 0 Å². The highest BCUT2D eigenvalue weighted by molar-refractivity contribution is 5.89. The Morgan fingerprint density at radius 2 is 1.46 bits per heavy atom. The van der Waals surface area contributed by atoms with Crippen molar-refractivity contribution in [3.05, 3.63) is 90.0 Å². The first-order chi connectivity index (χ1) is 13.7. The van der Waals surface area contributed by atoms with Crippen LogP contribution in [0.2, 0.25) is 0 Å². The van der Waals surface area contributed by atoms with E-state index in [-0.39, 0.29) is 18.5 Å². The summed E-state index contributed by atoms with van der Waals surface area (Å²) in [5.41, 5.74) is 3.57. The van der Waals surface area contributed by atoms with Gasteiger partial charge in [-0.2, -0.15) is 0 Å². The monoisotopic (exact) mass is 375 g/mol. The molecular weight excluding hydrogens is 354 g/mol. The number of nitrogens with one attached hydrogen (secondary N) is 1. The van der Waals surface area contributed by atoms with E-state index in [0.717, 1.165) is 16.7 Å². The molecule has 0 atom stereocenters. The van der Waals surface area contributed by atoms with Crippen LogP contribution in [0.5, 0.6) is 5.75 Å². The van der Waals surface area contributed by atoms with Crippen molar-refractivity contribution >= 4 is 11.9 Å². The van der Waals surface area contributed by atoms with E-state index < -0.39 is 0 Å². The van der Waals surface area contributed by atoms with Gasteiger partial charge in [-0.05, 0) is 41.0 Å². The van der Waals surface area contributed by atoms with Gasteiger partial charge in [-0.3, -0.25) is 4.79 Å². The zero-order valence-electron chi connectivity index (χ0n) is 15.6. The molecule has 0 unspecified atom stereocenters. The lowest BCUT2D eigenvalue weighted by Gasteiger charge is -2.09. The van der Waals surface area contributed by atoms with E-state index in [1.807, 2.05) is 54.6 Å². The average Bonchev–Trinajstić information content (AvgIpc) is 2.77. The minimum Gasteiger partial charge on any atom is -0.484 e. The number of carbonyl (C=O) groups is 2. The number of rotatable bonds is 7. The molecule has 0 aliphatic heterocycles. The standard InChI is InChI=1S/C23H21NO4/c1-27-23(26)20-9-7-17(8-10-20)15-24-22(25)16-28-21-13-11-19(12-14-21)18-5-3-2-4-6-18/h2-14H,15-16H2,1H3,(H,24,25). The predicted octanol–water partition coefficient (Wildman–Crippen LogP) is 3.84. The lowest BCUT2D eigenvalue weighted by Crippen LogP contribution is -2.28.